The zero-order valence-electron chi connectivity index (χ0n) is 16.5. The van der Waals surface area contributed by atoms with Crippen molar-refractivity contribution < 1.29 is 4.79 Å². The maximum atomic E-state index is 11.7. The number of hydrogen-bond acceptors (Lipinski definition) is 2. The molecule has 1 aliphatic rings. The minimum absolute atomic E-state index is 0.0469. The Labute approximate surface area is 158 Å². The van der Waals surface area contributed by atoms with Crippen LogP contribution in [-0.4, -0.2) is 39.1 Å². The quantitative estimate of drug-likeness (QED) is 0.519. The maximum Gasteiger partial charge on any atom is 0.251 e. The molecule has 26 heavy (non-hydrogen) atoms. The van der Waals surface area contributed by atoms with Crippen LogP contribution in [0.4, 0.5) is 0 Å². The summed E-state index contributed by atoms with van der Waals surface area (Å²) in [6.45, 7) is 4.14. The third kappa shape index (κ3) is 6.70. The molecule has 0 bridgehead atoms. The zero-order chi connectivity index (χ0) is 18.8. The van der Waals surface area contributed by atoms with Gasteiger partial charge in [-0.25, -0.2) is 0 Å². The standard InChI is InChI=1S/C21H34N4O/c1-16-6-4-7-17(14-16)10-12-24-21(23-3)25-13-11-18-8-5-9-19(15-18)20(26)22-2/h5,8-9,15-17H,4,6-7,10-14H2,1-3H3,(H,22,26)(H2,23,24,25). The number of nitrogens with one attached hydrogen (secondary N) is 3. The fourth-order valence-electron chi connectivity index (χ4n) is 3.77. The molecule has 1 saturated carbocycles. The van der Waals surface area contributed by atoms with Gasteiger partial charge >= 0.3 is 0 Å². The van der Waals surface area contributed by atoms with Gasteiger partial charge < -0.3 is 16.0 Å². The van der Waals surface area contributed by atoms with Crippen LogP contribution < -0.4 is 16.0 Å². The fraction of sp³-hybridized carbons (Fsp3) is 0.619. The molecule has 2 atom stereocenters. The van der Waals surface area contributed by atoms with Gasteiger partial charge in [0, 0.05) is 32.7 Å². The van der Waals surface area contributed by atoms with Crippen molar-refractivity contribution in [1.82, 2.24) is 16.0 Å². The average molecular weight is 359 g/mol. The number of carbonyl (C=O) groups is 1. The van der Waals surface area contributed by atoms with E-state index in [0.29, 0.717) is 5.56 Å². The number of hydrogen-bond donors (Lipinski definition) is 3. The third-order valence-electron chi connectivity index (χ3n) is 5.24. The van der Waals surface area contributed by atoms with Crippen LogP contribution >= 0.6 is 0 Å². The van der Waals surface area contributed by atoms with Gasteiger partial charge in [-0.1, -0.05) is 38.3 Å². The molecule has 144 valence electrons. The highest BCUT2D eigenvalue weighted by Gasteiger charge is 2.18. The van der Waals surface area contributed by atoms with Crippen molar-refractivity contribution >= 4 is 11.9 Å². The first-order valence-electron chi connectivity index (χ1n) is 9.88. The van der Waals surface area contributed by atoms with E-state index in [1.807, 2.05) is 25.2 Å². The molecule has 1 fully saturated rings. The summed E-state index contributed by atoms with van der Waals surface area (Å²) >= 11 is 0. The van der Waals surface area contributed by atoms with E-state index >= 15 is 0 Å². The Balaban J connectivity index is 1.69. The summed E-state index contributed by atoms with van der Waals surface area (Å²) in [4.78, 5) is 16.0. The first-order chi connectivity index (χ1) is 12.6. The van der Waals surface area contributed by atoms with Crippen LogP contribution in [0.1, 0.15) is 54.9 Å². The molecule has 3 N–H and O–H groups in total. The topological polar surface area (TPSA) is 65.5 Å². The number of carbonyl (C=O) groups excluding carboxylic acids is 1. The van der Waals surface area contributed by atoms with Gasteiger partial charge in [-0.15, -0.1) is 0 Å². The molecule has 1 aromatic carbocycles. The maximum absolute atomic E-state index is 11.7. The molecular formula is C21H34N4O. The molecule has 2 unspecified atom stereocenters. The van der Waals surface area contributed by atoms with Gasteiger partial charge in [-0.05, 0) is 48.8 Å². The van der Waals surface area contributed by atoms with E-state index in [4.69, 9.17) is 0 Å². The van der Waals surface area contributed by atoms with E-state index in [1.165, 1.54) is 32.1 Å². The molecule has 0 radical (unpaired) electrons. The lowest BCUT2D eigenvalue weighted by atomic mass is 9.81. The molecule has 0 spiro atoms. The van der Waals surface area contributed by atoms with Gasteiger partial charge in [0.2, 0.25) is 0 Å². The van der Waals surface area contributed by atoms with E-state index in [1.54, 1.807) is 7.05 Å². The van der Waals surface area contributed by atoms with Crippen molar-refractivity contribution in [2.75, 3.05) is 27.2 Å². The highest BCUT2D eigenvalue weighted by atomic mass is 16.1. The Hall–Kier alpha value is -2.04. The van der Waals surface area contributed by atoms with Gasteiger partial charge in [-0.3, -0.25) is 9.79 Å². The van der Waals surface area contributed by atoms with Crippen molar-refractivity contribution in [2.45, 2.75) is 45.4 Å². The van der Waals surface area contributed by atoms with Gasteiger partial charge in [-0.2, -0.15) is 0 Å². The second kappa shape index (κ2) is 10.8. The van der Waals surface area contributed by atoms with Crippen LogP contribution in [0.3, 0.4) is 0 Å². The van der Waals surface area contributed by atoms with Crippen LogP contribution in [0.15, 0.2) is 29.3 Å². The molecule has 1 aromatic rings. The van der Waals surface area contributed by atoms with Crippen molar-refractivity contribution in [3.8, 4) is 0 Å². The largest absolute Gasteiger partial charge is 0.356 e. The lowest BCUT2D eigenvalue weighted by molar-refractivity contribution is 0.0963. The Morgan fingerprint density at radius 3 is 2.77 bits per heavy atom. The summed E-state index contributed by atoms with van der Waals surface area (Å²) in [5.41, 5.74) is 1.85. The predicted molar refractivity (Wildman–Crippen MR) is 109 cm³/mol. The Bertz CT molecular complexity index is 599. The molecular weight excluding hydrogens is 324 g/mol. The van der Waals surface area contributed by atoms with Crippen LogP contribution in [0.2, 0.25) is 0 Å². The molecule has 1 amide bonds. The van der Waals surface area contributed by atoms with Crippen molar-refractivity contribution in [3.05, 3.63) is 35.4 Å². The highest BCUT2D eigenvalue weighted by molar-refractivity contribution is 5.94. The zero-order valence-corrected chi connectivity index (χ0v) is 16.5. The summed E-state index contributed by atoms with van der Waals surface area (Å²) in [6.07, 6.45) is 7.60. The van der Waals surface area contributed by atoms with Gasteiger partial charge in [0.05, 0.1) is 0 Å². The number of rotatable bonds is 7. The summed E-state index contributed by atoms with van der Waals surface area (Å²) in [6, 6.07) is 7.76. The van der Waals surface area contributed by atoms with Crippen LogP contribution in [-0.2, 0) is 6.42 Å². The molecule has 0 aromatic heterocycles. The summed E-state index contributed by atoms with van der Waals surface area (Å²) in [5, 5.41) is 9.46. The van der Waals surface area contributed by atoms with Gasteiger partial charge in [0.25, 0.3) is 5.91 Å². The normalized spacial score (nSPS) is 20.5. The van der Waals surface area contributed by atoms with E-state index in [9.17, 15) is 4.79 Å². The SMILES string of the molecule is CN=C(NCCc1cccc(C(=O)NC)c1)NCCC1CCCC(C)C1. The van der Waals surface area contributed by atoms with Crippen molar-refractivity contribution in [3.63, 3.8) is 0 Å². The second-order valence-electron chi connectivity index (χ2n) is 7.38. The van der Waals surface area contributed by atoms with Crippen LogP contribution in [0.25, 0.3) is 0 Å². The number of nitrogens with zero attached hydrogens (tertiary/aromatic N) is 1. The number of amides is 1. The first-order valence-corrected chi connectivity index (χ1v) is 9.88. The number of guanidine groups is 1. The lowest BCUT2D eigenvalue weighted by Crippen LogP contribution is -2.39. The minimum Gasteiger partial charge on any atom is -0.356 e. The Kier molecular flexibility index (Phi) is 8.45. The van der Waals surface area contributed by atoms with Gasteiger partial charge in [0.1, 0.15) is 0 Å². The van der Waals surface area contributed by atoms with Gasteiger partial charge in [0.15, 0.2) is 5.96 Å². The highest BCUT2D eigenvalue weighted by Crippen LogP contribution is 2.30. The summed E-state index contributed by atoms with van der Waals surface area (Å²) in [7, 11) is 3.46. The Morgan fingerprint density at radius 1 is 1.23 bits per heavy atom. The van der Waals surface area contributed by atoms with E-state index in [-0.39, 0.29) is 5.91 Å². The monoisotopic (exact) mass is 358 g/mol. The van der Waals surface area contributed by atoms with E-state index in [2.05, 4.69) is 33.9 Å². The summed E-state index contributed by atoms with van der Waals surface area (Å²) in [5.74, 6) is 2.55. The molecule has 1 aliphatic carbocycles. The van der Waals surface area contributed by atoms with Crippen LogP contribution in [0.5, 0.6) is 0 Å². The minimum atomic E-state index is -0.0469. The van der Waals surface area contributed by atoms with Crippen molar-refractivity contribution in [2.24, 2.45) is 16.8 Å². The lowest BCUT2D eigenvalue weighted by Gasteiger charge is -2.26. The number of aliphatic imine (C=N–C) groups is 1. The predicted octanol–water partition coefficient (Wildman–Crippen LogP) is 2.97. The molecule has 5 nitrogen and oxygen atoms in total. The van der Waals surface area contributed by atoms with Crippen molar-refractivity contribution in [1.29, 1.82) is 0 Å². The van der Waals surface area contributed by atoms with E-state index in [0.717, 1.165) is 42.9 Å². The molecule has 5 heteroatoms. The molecule has 0 aliphatic heterocycles. The fourth-order valence-corrected chi connectivity index (χ4v) is 3.77. The molecule has 0 heterocycles. The second-order valence-corrected chi connectivity index (χ2v) is 7.38. The summed E-state index contributed by atoms with van der Waals surface area (Å²) < 4.78 is 0. The number of benzene rings is 1. The smallest absolute Gasteiger partial charge is 0.251 e. The average Bonchev–Trinajstić information content (AvgIpc) is 2.66. The molecule has 0 saturated heterocycles. The first kappa shape index (κ1) is 20.3. The third-order valence-corrected chi connectivity index (χ3v) is 5.24. The Morgan fingerprint density at radius 2 is 2.04 bits per heavy atom. The molecule has 2 rings (SSSR count). The van der Waals surface area contributed by atoms with Crippen LogP contribution in [0, 0.1) is 11.8 Å². The van der Waals surface area contributed by atoms with E-state index < -0.39 is 0 Å².